The van der Waals surface area contributed by atoms with Gasteiger partial charge in [0.05, 0.1) is 11.4 Å². The summed E-state index contributed by atoms with van der Waals surface area (Å²) in [7, 11) is 0.0430. The number of hydrogen-bond acceptors (Lipinski definition) is 3. The zero-order valence-corrected chi connectivity index (χ0v) is 13.0. The first-order valence-electron chi connectivity index (χ1n) is 6.41. The van der Waals surface area contributed by atoms with Gasteiger partial charge < -0.3 is 5.32 Å². The molecule has 1 atom stereocenters. The van der Waals surface area contributed by atoms with Gasteiger partial charge in [-0.1, -0.05) is 30.0 Å². The molecule has 0 aromatic heterocycles. The van der Waals surface area contributed by atoms with Crippen molar-refractivity contribution in [2.24, 2.45) is 0 Å². The zero-order chi connectivity index (χ0) is 12.7. The van der Waals surface area contributed by atoms with Gasteiger partial charge in [-0.25, -0.2) is 10.9 Å². The Hall–Kier alpha value is -0.710. The van der Waals surface area contributed by atoms with E-state index < -0.39 is 0 Å². The van der Waals surface area contributed by atoms with Crippen LogP contribution in [-0.4, -0.2) is 16.6 Å². The third-order valence-electron chi connectivity index (χ3n) is 3.46. The van der Waals surface area contributed by atoms with Crippen molar-refractivity contribution in [1.82, 2.24) is 0 Å². The minimum absolute atomic E-state index is 0.0430. The van der Waals surface area contributed by atoms with Gasteiger partial charge in [0, 0.05) is 25.5 Å². The second kappa shape index (κ2) is 5.00. The molecule has 1 unspecified atom stereocenters. The number of fused-ring (bicyclic) bond motifs is 2. The molecule has 0 bridgehead atoms. The molecule has 2 aromatic carbocycles. The van der Waals surface area contributed by atoms with Crippen LogP contribution in [0.1, 0.15) is 0 Å². The molecule has 2 heterocycles. The predicted octanol–water partition coefficient (Wildman–Crippen LogP) is 4.96. The van der Waals surface area contributed by atoms with Crippen LogP contribution in [0, 0.1) is 0 Å². The van der Waals surface area contributed by atoms with Gasteiger partial charge in [-0.3, -0.25) is 0 Å². The Kier molecular flexibility index (Phi) is 3.17. The van der Waals surface area contributed by atoms with Crippen molar-refractivity contribution < 1.29 is 0 Å². The molecule has 2 aromatic rings. The summed E-state index contributed by atoms with van der Waals surface area (Å²) in [6.45, 7) is 0. The maximum Gasteiger partial charge on any atom is 0.0647 e. The zero-order valence-electron chi connectivity index (χ0n) is 10.4. The number of hydrogen-bond donors (Lipinski definition) is 2. The molecule has 1 fully saturated rings. The maximum atomic E-state index is 3.67. The molecule has 1 saturated heterocycles. The number of anilines is 2. The molecule has 4 heteroatoms. The first-order valence-corrected chi connectivity index (χ1v) is 10.1. The normalized spacial score (nSPS) is 22.4. The van der Waals surface area contributed by atoms with Gasteiger partial charge in [-0.2, -0.15) is 11.8 Å². The van der Waals surface area contributed by atoms with Gasteiger partial charge in [0.25, 0.3) is 0 Å². The standard InChI is InChI=1S/C15H15NS3/c1-2-5-12-11(4-1)16-15-13(18-12)6-3-7-14(15)19-9-8-17-10-19/h1-7,16,19H,8-10H2. The monoisotopic (exact) mass is 305 g/mol. The lowest BCUT2D eigenvalue weighted by molar-refractivity contribution is 1.25. The summed E-state index contributed by atoms with van der Waals surface area (Å²) in [4.78, 5) is 4.29. The molecule has 98 valence electrons. The maximum absolute atomic E-state index is 3.67. The van der Waals surface area contributed by atoms with Crippen LogP contribution in [0.15, 0.2) is 57.2 Å². The van der Waals surface area contributed by atoms with Gasteiger partial charge in [0.15, 0.2) is 0 Å². The molecule has 2 aliphatic heterocycles. The molecule has 0 amide bonds. The number of nitrogens with one attached hydrogen (secondary N) is 1. The Bertz CT molecular complexity index is 621. The average molecular weight is 305 g/mol. The Balaban J connectivity index is 1.78. The van der Waals surface area contributed by atoms with Crippen LogP contribution < -0.4 is 5.32 Å². The lowest BCUT2D eigenvalue weighted by Crippen LogP contribution is -2.02. The summed E-state index contributed by atoms with van der Waals surface area (Å²) in [5.41, 5.74) is 2.63. The van der Waals surface area contributed by atoms with Gasteiger partial charge in [-0.15, -0.1) is 0 Å². The summed E-state index contributed by atoms with van der Waals surface area (Å²) in [5.74, 6) is 2.71. The van der Waals surface area contributed by atoms with Crippen LogP contribution >= 0.6 is 34.4 Å². The Morgan fingerprint density at radius 3 is 2.79 bits per heavy atom. The Morgan fingerprint density at radius 2 is 1.89 bits per heavy atom. The Labute approximate surface area is 124 Å². The highest BCUT2D eigenvalue weighted by Crippen LogP contribution is 2.53. The number of para-hydroxylation sites is 2. The highest BCUT2D eigenvalue weighted by molar-refractivity contribution is 8.29. The molecule has 0 aliphatic carbocycles. The van der Waals surface area contributed by atoms with E-state index in [-0.39, 0.29) is 10.9 Å². The summed E-state index contributed by atoms with van der Waals surface area (Å²) >= 11 is 4.00. The van der Waals surface area contributed by atoms with Crippen molar-refractivity contribution in [3.63, 3.8) is 0 Å². The number of thiol groups is 1. The summed E-state index contributed by atoms with van der Waals surface area (Å²) in [6, 6.07) is 15.4. The lowest BCUT2D eigenvalue weighted by atomic mass is 10.2. The van der Waals surface area contributed by atoms with E-state index in [1.807, 2.05) is 11.8 Å². The molecule has 0 radical (unpaired) electrons. The van der Waals surface area contributed by atoms with Gasteiger partial charge in [0.2, 0.25) is 0 Å². The van der Waals surface area contributed by atoms with Crippen LogP contribution in [0.3, 0.4) is 0 Å². The van der Waals surface area contributed by atoms with E-state index in [4.69, 9.17) is 0 Å². The van der Waals surface area contributed by atoms with Crippen molar-refractivity contribution in [2.75, 3.05) is 21.9 Å². The first-order chi connectivity index (χ1) is 9.42. The van der Waals surface area contributed by atoms with Crippen LogP contribution in [0.25, 0.3) is 0 Å². The second-order valence-corrected chi connectivity index (χ2v) is 9.62. The smallest absolute Gasteiger partial charge is 0.0647 e. The summed E-state index contributed by atoms with van der Waals surface area (Å²) in [6.07, 6.45) is 0. The van der Waals surface area contributed by atoms with Crippen molar-refractivity contribution in [3.8, 4) is 0 Å². The molecular weight excluding hydrogens is 290 g/mol. The third kappa shape index (κ3) is 2.16. The largest absolute Gasteiger partial charge is 0.353 e. The fourth-order valence-corrected chi connectivity index (χ4v) is 8.51. The highest BCUT2D eigenvalue weighted by atomic mass is 32.2. The van der Waals surface area contributed by atoms with E-state index >= 15 is 0 Å². The fourth-order valence-electron chi connectivity index (χ4n) is 2.51. The van der Waals surface area contributed by atoms with Crippen LogP contribution in [-0.2, 0) is 0 Å². The fraction of sp³-hybridized carbons (Fsp3) is 0.200. The number of benzene rings is 2. The molecule has 0 saturated carbocycles. The van der Waals surface area contributed by atoms with Gasteiger partial charge in [-0.05, 0) is 30.0 Å². The average Bonchev–Trinajstić information content (AvgIpc) is 2.98. The van der Waals surface area contributed by atoms with Crippen molar-refractivity contribution in [2.45, 2.75) is 14.7 Å². The Morgan fingerprint density at radius 1 is 1.00 bits per heavy atom. The van der Waals surface area contributed by atoms with E-state index in [1.165, 1.54) is 37.8 Å². The van der Waals surface area contributed by atoms with Crippen molar-refractivity contribution in [3.05, 3.63) is 42.5 Å². The third-order valence-corrected chi connectivity index (χ3v) is 9.19. The quantitative estimate of drug-likeness (QED) is 0.617. The molecule has 19 heavy (non-hydrogen) atoms. The van der Waals surface area contributed by atoms with Crippen LogP contribution in [0.2, 0.25) is 0 Å². The SMILES string of the molecule is c1ccc2c(c1)Nc1c(cccc1[SH]1CCSC1)S2. The molecular formula is C15H15NS3. The molecule has 2 aliphatic rings. The minimum Gasteiger partial charge on any atom is -0.353 e. The van der Waals surface area contributed by atoms with Crippen molar-refractivity contribution in [1.29, 1.82) is 0 Å². The molecule has 0 spiro atoms. The van der Waals surface area contributed by atoms with Crippen LogP contribution in [0.5, 0.6) is 0 Å². The summed E-state index contributed by atoms with van der Waals surface area (Å²) in [5, 5.41) is 5.01. The van der Waals surface area contributed by atoms with Crippen molar-refractivity contribution >= 4 is 45.8 Å². The van der Waals surface area contributed by atoms with E-state index in [0.717, 1.165) is 0 Å². The van der Waals surface area contributed by atoms with Crippen LogP contribution in [0.4, 0.5) is 11.4 Å². The van der Waals surface area contributed by atoms with E-state index in [9.17, 15) is 0 Å². The predicted molar refractivity (Wildman–Crippen MR) is 89.7 cm³/mol. The minimum atomic E-state index is 0.0430. The highest BCUT2D eigenvalue weighted by Gasteiger charge is 2.22. The van der Waals surface area contributed by atoms with Gasteiger partial charge in [0.1, 0.15) is 0 Å². The molecule has 1 nitrogen and oxygen atoms in total. The van der Waals surface area contributed by atoms with Gasteiger partial charge >= 0.3 is 0 Å². The topological polar surface area (TPSA) is 12.0 Å². The molecule has 4 rings (SSSR count). The summed E-state index contributed by atoms with van der Waals surface area (Å²) < 4.78 is 0. The second-order valence-electron chi connectivity index (χ2n) is 4.67. The number of thioether (sulfide) groups is 1. The molecule has 1 N–H and O–H groups in total. The van der Waals surface area contributed by atoms with E-state index in [2.05, 4.69) is 59.5 Å². The number of rotatable bonds is 1. The first kappa shape index (κ1) is 12.1. The van der Waals surface area contributed by atoms with E-state index in [0.29, 0.717) is 0 Å². The lowest BCUT2D eigenvalue weighted by Gasteiger charge is -2.26. The van der Waals surface area contributed by atoms with E-state index in [1.54, 1.807) is 4.90 Å².